The van der Waals surface area contributed by atoms with Gasteiger partial charge in [-0.25, -0.2) is 0 Å². The lowest BCUT2D eigenvalue weighted by Crippen LogP contribution is -2.22. The highest BCUT2D eigenvalue weighted by molar-refractivity contribution is 5.77. The minimum Gasteiger partial charge on any atom is -0.331 e. The first-order valence-corrected chi connectivity index (χ1v) is 4.01. The van der Waals surface area contributed by atoms with Gasteiger partial charge in [-0.05, 0) is 12.8 Å². The Labute approximate surface area is 68.7 Å². The third kappa shape index (κ3) is 5.64. The standard InChI is InChI=1S/C9H17NO/c1-5-8(4)6-9(11)10-7(2)3/h8H,2,5-6H2,1,3-4H3,(H,10,11). The van der Waals surface area contributed by atoms with E-state index in [4.69, 9.17) is 0 Å². The molecule has 1 atom stereocenters. The van der Waals surface area contributed by atoms with E-state index in [2.05, 4.69) is 25.7 Å². The van der Waals surface area contributed by atoms with Gasteiger partial charge in [-0.15, -0.1) is 0 Å². The molecule has 1 amide bonds. The molecule has 0 aromatic rings. The maximum atomic E-state index is 11.1. The summed E-state index contributed by atoms with van der Waals surface area (Å²) in [6, 6.07) is 0. The van der Waals surface area contributed by atoms with Crippen molar-refractivity contribution >= 4 is 5.91 Å². The first kappa shape index (κ1) is 10.2. The van der Waals surface area contributed by atoms with Crippen LogP contribution in [0.25, 0.3) is 0 Å². The van der Waals surface area contributed by atoms with Crippen LogP contribution in [0.1, 0.15) is 33.6 Å². The predicted molar refractivity (Wildman–Crippen MR) is 47.0 cm³/mol. The molecule has 0 rings (SSSR count). The highest BCUT2D eigenvalue weighted by atomic mass is 16.1. The van der Waals surface area contributed by atoms with E-state index in [-0.39, 0.29) is 5.91 Å². The van der Waals surface area contributed by atoms with Gasteiger partial charge in [-0.1, -0.05) is 26.8 Å². The number of hydrogen-bond donors (Lipinski definition) is 1. The Kier molecular flexibility index (Phi) is 4.59. The van der Waals surface area contributed by atoms with E-state index in [1.54, 1.807) is 6.92 Å². The van der Waals surface area contributed by atoms with E-state index < -0.39 is 0 Å². The average molecular weight is 155 g/mol. The molecule has 0 aliphatic carbocycles. The van der Waals surface area contributed by atoms with Gasteiger partial charge in [0.15, 0.2) is 0 Å². The van der Waals surface area contributed by atoms with E-state index in [9.17, 15) is 4.79 Å². The van der Waals surface area contributed by atoms with Crippen molar-refractivity contribution in [2.24, 2.45) is 5.92 Å². The van der Waals surface area contributed by atoms with Crippen molar-refractivity contribution in [3.8, 4) is 0 Å². The summed E-state index contributed by atoms with van der Waals surface area (Å²) in [6.07, 6.45) is 1.65. The number of nitrogens with one attached hydrogen (secondary N) is 1. The van der Waals surface area contributed by atoms with Crippen LogP contribution in [0.2, 0.25) is 0 Å². The van der Waals surface area contributed by atoms with Gasteiger partial charge in [0, 0.05) is 12.1 Å². The molecule has 2 nitrogen and oxygen atoms in total. The summed E-state index contributed by atoms with van der Waals surface area (Å²) in [4.78, 5) is 11.1. The molecule has 0 aliphatic rings. The second kappa shape index (κ2) is 4.94. The fourth-order valence-electron chi connectivity index (χ4n) is 0.750. The van der Waals surface area contributed by atoms with Gasteiger partial charge in [0.25, 0.3) is 0 Å². The third-order valence-corrected chi connectivity index (χ3v) is 1.58. The van der Waals surface area contributed by atoms with Crippen LogP contribution in [0.3, 0.4) is 0 Å². The van der Waals surface area contributed by atoms with Crippen molar-refractivity contribution in [2.75, 3.05) is 0 Å². The number of hydrogen-bond acceptors (Lipinski definition) is 1. The van der Waals surface area contributed by atoms with Crippen LogP contribution in [-0.4, -0.2) is 5.91 Å². The molecule has 0 aromatic heterocycles. The van der Waals surface area contributed by atoms with Gasteiger partial charge in [-0.2, -0.15) is 0 Å². The zero-order valence-corrected chi connectivity index (χ0v) is 7.61. The molecule has 64 valence electrons. The number of amides is 1. The van der Waals surface area contributed by atoms with Crippen molar-refractivity contribution in [1.29, 1.82) is 0 Å². The van der Waals surface area contributed by atoms with Gasteiger partial charge >= 0.3 is 0 Å². The summed E-state index contributed by atoms with van der Waals surface area (Å²) in [5.74, 6) is 0.543. The number of carbonyl (C=O) groups excluding carboxylic acids is 1. The Morgan fingerprint density at radius 3 is 2.55 bits per heavy atom. The molecule has 0 radical (unpaired) electrons. The smallest absolute Gasteiger partial charge is 0.224 e. The summed E-state index contributed by atoms with van der Waals surface area (Å²) in [7, 11) is 0. The second-order valence-electron chi connectivity index (χ2n) is 3.05. The van der Waals surface area contributed by atoms with Crippen LogP contribution in [0.4, 0.5) is 0 Å². The molecule has 0 saturated carbocycles. The third-order valence-electron chi connectivity index (χ3n) is 1.58. The topological polar surface area (TPSA) is 29.1 Å². The molecule has 2 heteroatoms. The van der Waals surface area contributed by atoms with E-state index in [1.165, 1.54) is 0 Å². The molecule has 0 bridgehead atoms. The van der Waals surface area contributed by atoms with Crippen molar-refractivity contribution in [3.63, 3.8) is 0 Å². The zero-order chi connectivity index (χ0) is 8.85. The SMILES string of the molecule is C=C(C)NC(=O)CC(C)CC. The molecule has 0 fully saturated rings. The van der Waals surface area contributed by atoms with Crippen molar-refractivity contribution < 1.29 is 4.79 Å². The highest BCUT2D eigenvalue weighted by Gasteiger charge is 2.05. The van der Waals surface area contributed by atoms with E-state index in [0.29, 0.717) is 12.3 Å². The zero-order valence-electron chi connectivity index (χ0n) is 7.61. The number of allylic oxidation sites excluding steroid dienone is 1. The van der Waals surface area contributed by atoms with Crippen LogP contribution >= 0.6 is 0 Å². The Morgan fingerprint density at radius 1 is 1.64 bits per heavy atom. The van der Waals surface area contributed by atoms with Crippen LogP contribution in [-0.2, 0) is 4.79 Å². The van der Waals surface area contributed by atoms with Crippen LogP contribution in [0.15, 0.2) is 12.3 Å². The van der Waals surface area contributed by atoms with Crippen molar-refractivity contribution in [2.45, 2.75) is 33.6 Å². The minimum absolute atomic E-state index is 0.0758. The lowest BCUT2D eigenvalue weighted by Gasteiger charge is -2.07. The average Bonchev–Trinajstić information content (AvgIpc) is 1.85. The summed E-state index contributed by atoms with van der Waals surface area (Å²) in [5.41, 5.74) is 0.721. The Bertz CT molecular complexity index is 152. The van der Waals surface area contributed by atoms with Gasteiger partial charge in [-0.3, -0.25) is 4.79 Å². The molecule has 0 aromatic carbocycles. The molecule has 1 unspecified atom stereocenters. The normalized spacial score (nSPS) is 12.3. The lowest BCUT2D eigenvalue weighted by atomic mass is 10.1. The maximum absolute atomic E-state index is 11.1. The van der Waals surface area contributed by atoms with Crippen LogP contribution in [0.5, 0.6) is 0 Å². The molecule has 0 aliphatic heterocycles. The lowest BCUT2D eigenvalue weighted by molar-refractivity contribution is -0.121. The fraction of sp³-hybridized carbons (Fsp3) is 0.667. The Balaban J connectivity index is 3.60. The number of carbonyl (C=O) groups is 1. The van der Waals surface area contributed by atoms with Gasteiger partial charge in [0.1, 0.15) is 0 Å². The monoisotopic (exact) mass is 155 g/mol. The first-order valence-electron chi connectivity index (χ1n) is 4.01. The summed E-state index contributed by atoms with van der Waals surface area (Å²) < 4.78 is 0. The predicted octanol–water partition coefficient (Wildman–Crippen LogP) is 2.07. The molecular weight excluding hydrogens is 138 g/mol. The van der Waals surface area contributed by atoms with Crippen LogP contribution < -0.4 is 5.32 Å². The minimum atomic E-state index is 0.0758. The van der Waals surface area contributed by atoms with Gasteiger partial charge in [0.2, 0.25) is 5.91 Å². The molecule has 1 N–H and O–H groups in total. The molecule has 0 saturated heterocycles. The molecule has 11 heavy (non-hydrogen) atoms. The van der Waals surface area contributed by atoms with Crippen molar-refractivity contribution in [1.82, 2.24) is 5.32 Å². The largest absolute Gasteiger partial charge is 0.331 e. The summed E-state index contributed by atoms with van der Waals surface area (Å²) in [6.45, 7) is 9.53. The van der Waals surface area contributed by atoms with E-state index in [0.717, 1.165) is 12.1 Å². The van der Waals surface area contributed by atoms with E-state index >= 15 is 0 Å². The quantitative estimate of drug-likeness (QED) is 0.661. The first-order chi connectivity index (χ1) is 5.06. The maximum Gasteiger partial charge on any atom is 0.224 e. The molecule has 0 heterocycles. The second-order valence-corrected chi connectivity index (χ2v) is 3.05. The van der Waals surface area contributed by atoms with Gasteiger partial charge in [0.05, 0.1) is 0 Å². The highest BCUT2D eigenvalue weighted by Crippen LogP contribution is 2.05. The summed E-state index contributed by atoms with van der Waals surface area (Å²) in [5, 5.41) is 2.67. The van der Waals surface area contributed by atoms with E-state index in [1.807, 2.05) is 0 Å². The van der Waals surface area contributed by atoms with Gasteiger partial charge < -0.3 is 5.32 Å². The molecule has 0 spiro atoms. The summed E-state index contributed by atoms with van der Waals surface area (Å²) >= 11 is 0. The Morgan fingerprint density at radius 2 is 2.18 bits per heavy atom. The number of rotatable bonds is 4. The van der Waals surface area contributed by atoms with Crippen LogP contribution in [0, 0.1) is 5.92 Å². The van der Waals surface area contributed by atoms with Crippen molar-refractivity contribution in [3.05, 3.63) is 12.3 Å². The Hall–Kier alpha value is -0.790. The molecular formula is C9H17NO. The fourth-order valence-corrected chi connectivity index (χ4v) is 0.750.